The van der Waals surface area contributed by atoms with Crippen molar-refractivity contribution in [2.75, 3.05) is 47.5 Å². The summed E-state index contributed by atoms with van der Waals surface area (Å²) in [5.74, 6) is 0. The second kappa shape index (κ2) is 20.3. The lowest BCUT2D eigenvalue weighted by Gasteiger charge is -2.29. The highest BCUT2D eigenvalue weighted by atomic mass is 16.6. The minimum Gasteiger partial charge on any atom is -0.445 e. The molecule has 0 saturated carbocycles. The van der Waals surface area contributed by atoms with Crippen LogP contribution < -0.4 is 0 Å². The summed E-state index contributed by atoms with van der Waals surface area (Å²) in [5, 5.41) is 16.7. The van der Waals surface area contributed by atoms with Gasteiger partial charge in [-0.25, -0.2) is 4.79 Å². The van der Waals surface area contributed by atoms with Gasteiger partial charge in [0.05, 0.1) is 12.6 Å². The van der Waals surface area contributed by atoms with E-state index in [2.05, 4.69) is 6.58 Å². The highest BCUT2D eigenvalue weighted by molar-refractivity contribution is 5.67. The first-order valence-electron chi connectivity index (χ1n) is 9.55. The van der Waals surface area contributed by atoms with Gasteiger partial charge in [-0.2, -0.15) is 0 Å². The van der Waals surface area contributed by atoms with Crippen molar-refractivity contribution in [2.24, 2.45) is 0 Å². The maximum atomic E-state index is 12.0. The Balaban J connectivity index is 0. The van der Waals surface area contributed by atoms with Crippen molar-refractivity contribution in [2.45, 2.75) is 19.9 Å². The van der Waals surface area contributed by atoms with Crippen LogP contribution in [0.15, 0.2) is 72.9 Å². The molecule has 6 nitrogen and oxygen atoms in total. The second-order valence-corrected chi connectivity index (χ2v) is 5.92. The average molecular weight is 407 g/mol. The number of rotatable bonds is 12. The molecule has 6 heteroatoms. The molecule has 0 aromatic rings. The molecular weight excluding hydrogens is 368 g/mol. The number of hydrogen-bond acceptors (Lipinski definition) is 5. The van der Waals surface area contributed by atoms with Crippen LogP contribution in [0, 0.1) is 0 Å². The Hall–Kier alpha value is -2.41. The van der Waals surface area contributed by atoms with Crippen molar-refractivity contribution in [3.8, 4) is 0 Å². The van der Waals surface area contributed by atoms with Gasteiger partial charge in [-0.05, 0) is 32.5 Å². The molecule has 164 valence electrons. The molecule has 0 spiro atoms. The zero-order valence-corrected chi connectivity index (χ0v) is 18.5. The quantitative estimate of drug-likeness (QED) is 0.486. The summed E-state index contributed by atoms with van der Waals surface area (Å²) < 4.78 is 5.20. The molecule has 0 aliphatic carbocycles. The summed E-state index contributed by atoms with van der Waals surface area (Å²) in [5.41, 5.74) is 0.971. The van der Waals surface area contributed by atoms with Gasteiger partial charge in [0, 0.05) is 27.2 Å². The van der Waals surface area contributed by atoms with Gasteiger partial charge in [0.1, 0.15) is 6.61 Å². The lowest BCUT2D eigenvalue weighted by molar-refractivity contribution is 0.112. The highest BCUT2D eigenvalue weighted by Gasteiger charge is 2.18. The van der Waals surface area contributed by atoms with Gasteiger partial charge in [0.25, 0.3) is 0 Å². The molecule has 0 rings (SSSR count). The van der Waals surface area contributed by atoms with E-state index in [9.17, 15) is 9.90 Å². The molecule has 0 aromatic carbocycles. The van der Waals surface area contributed by atoms with Crippen LogP contribution in [-0.4, -0.2) is 79.7 Å². The van der Waals surface area contributed by atoms with Gasteiger partial charge in [0.15, 0.2) is 0 Å². The summed E-state index contributed by atoms with van der Waals surface area (Å²) in [4.78, 5) is 15.5. The number of aliphatic hydroxyl groups is 2. The Morgan fingerprint density at radius 2 is 1.72 bits per heavy atom. The van der Waals surface area contributed by atoms with Crippen molar-refractivity contribution >= 4 is 6.09 Å². The van der Waals surface area contributed by atoms with Crippen LogP contribution in [0.25, 0.3) is 0 Å². The Morgan fingerprint density at radius 1 is 1.07 bits per heavy atom. The van der Waals surface area contributed by atoms with Gasteiger partial charge in [-0.1, -0.05) is 61.3 Å². The third-order valence-electron chi connectivity index (χ3n) is 3.82. The van der Waals surface area contributed by atoms with Crippen molar-refractivity contribution in [3.63, 3.8) is 0 Å². The third-order valence-corrected chi connectivity index (χ3v) is 3.82. The number of carbonyl (C=O) groups excluding carboxylic acids is 1. The summed E-state index contributed by atoms with van der Waals surface area (Å²) in [6.07, 6.45) is 18.3. The molecule has 0 heterocycles. The molecule has 1 unspecified atom stereocenters. The number of aliphatic hydroxyl groups excluding tert-OH is 2. The summed E-state index contributed by atoms with van der Waals surface area (Å²) in [7, 11) is 4.62. The van der Waals surface area contributed by atoms with Crippen LogP contribution in [-0.2, 0) is 4.74 Å². The monoisotopic (exact) mass is 406 g/mol. The van der Waals surface area contributed by atoms with Gasteiger partial charge in [0.2, 0.25) is 0 Å². The normalized spacial score (nSPS) is 13.3. The second-order valence-electron chi connectivity index (χ2n) is 5.92. The molecule has 0 aliphatic rings. The molecule has 1 atom stereocenters. The first kappa shape index (κ1) is 28.8. The van der Waals surface area contributed by atoms with Crippen LogP contribution in [0.3, 0.4) is 0 Å². The molecule has 0 aliphatic heterocycles. The van der Waals surface area contributed by atoms with Gasteiger partial charge >= 0.3 is 6.09 Å². The zero-order chi connectivity index (χ0) is 22.5. The number of nitrogens with zero attached hydrogens (tertiary/aromatic N) is 2. The van der Waals surface area contributed by atoms with E-state index in [1.165, 1.54) is 4.90 Å². The van der Waals surface area contributed by atoms with E-state index in [4.69, 9.17) is 9.84 Å². The lowest BCUT2D eigenvalue weighted by atomic mass is 10.1. The molecule has 29 heavy (non-hydrogen) atoms. The fraction of sp³-hybridized carbons (Fsp3) is 0.435. The summed E-state index contributed by atoms with van der Waals surface area (Å²) >= 11 is 0. The van der Waals surface area contributed by atoms with Crippen LogP contribution in [0.1, 0.15) is 13.8 Å². The number of carbonyl (C=O) groups is 1. The molecular formula is C23H38N2O4. The fourth-order valence-corrected chi connectivity index (χ4v) is 2.26. The van der Waals surface area contributed by atoms with E-state index in [0.717, 1.165) is 12.7 Å². The largest absolute Gasteiger partial charge is 0.445 e. The average Bonchev–Trinajstić information content (AvgIpc) is 2.73. The molecule has 0 saturated heterocycles. The topological polar surface area (TPSA) is 73.2 Å². The fourth-order valence-electron chi connectivity index (χ4n) is 2.26. The first-order valence-corrected chi connectivity index (χ1v) is 9.55. The SMILES string of the molecule is C=C/C=C(\C=C/C)C(CO)N(C)CCN(C)C(=O)OC/C=C/C=C\C=C/C.CO. The predicted octanol–water partition coefficient (Wildman–Crippen LogP) is 3.33. The van der Waals surface area contributed by atoms with E-state index in [-0.39, 0.29) is 25.3 Å². The Labute approximate surface area is 176 Å². The smallest absolute Gasteiger partial charge is 0.409 e. The molecule has 0 fully saturated rings. The van der Waals surface area contributed by atoms with E-state index in [1.807, 2.05) is 74.4 Å². The number of hydrogen-bond donors (Lipinski definition) is 2. The van der Waals surface area contributed by atoms with Crippen LogP contribution in [0.5, 0.6) is 0 Å². The van der Waals surface area contributed by atoms with Crippen molar-refractivity contribution < 1.29 is 19.7 Å². The maximum absolute atomic E-state index is 12.0. The van der Waals surface area contributed by atoms with Crippen molar-refractivity contribution in [1.29, 1.82) is 0 Å². The molecule has 0 aromatic heterocycles. The number of likely N-dealkylation sites (N-methyl/N-ethyl adjacent to an activating group) is 2. The van der Waals surface area contributed by atoms with Gasteiger partial charge in [-0.3, -0.25) is 4.90 Å². The summed E-state index contributed by atoms with van der Waals surface area (Å²) in [6, 6.07) is -0.157. The standard InChI is InChI=1S/C22H34N2O3.CH4O/c1-6-9-10-11-12-13-18-27-22(26)24(5)17-16-23(4)21(19-25)20(14-7-2)15-8-3;1-2/h6-15,21,25H,2,16-19H2,1,3-5H3;2H,1H3/b9-6-,11-10-,13-12+,15-8-,20-14+;. The van der Waals surface area contributed by atoms with E-state index in [0.29, 0.717) is 13.1 Å². The van der Waals surface area contributed by atoms with Crippen LogP contribution in [0.2, 0.25) is 0 Å². The van der Waals surface area contributed by atoms with Crippen molar-refractivity contribution in [1.82, 2.24) is 9.80 Å². The van der Waals surface area contributed by atoms with Crippen LogP contribution >= 0.6 is 0 Å². The Kier molecular flexibility index (Phi) is 20.2. The Morgan fingerprint density at radius 3 is 2.28 bits per heavy atom. The summed E-state index contributed by atoms with van der Waals surface area (Å²) in [6.45, 7) is 8.91. The minimum absolute atomic E-state index is 0.0137. The maximum Gasteiger partial charge on any atom is 0.409 e. The Bertz CT molecular complexity index is 577. The van der Waals surface area contributed by atoms with Gasteiger partial charge in [-0.15, -0.1) is 0 Å². The molecule has 1 amide bonds. The van der Waals surface area contributed by atoms with E-state index >= 15 is 0 Å². The van der Waals surface area contributed by atoms with E-state index < -0.39 is 0 Å². The third kappa shape index (κ3) is 14.3. The van der Waals surface area contributed by atoms with Gasteiger partial charge < -0.3 is 19.8 Å². The minimum atomic E-state index is -0.374. The number of ether oxygens (including phenoxy) is 1. The zero-order valence-electron chi connectivity index (χ0n) is 18.5. The van der Waals surface area contributed by atoms with Crippen molar-refractivity contribution in [3.05, 3.63) is 72.9 Å². The molecule has 2 N–H and O–H groups in total. The van der Waals surface area contributed by atoms with Crippen LogP contribution in [0.4, 0.5) is 4.79 Å². The highest BCUT2D eigenvalue weighted by Crippen LogP contribution is 2.11. The molecule has 0 radical (unpaired) electrons. The van der Waals surface area contributed by atoms with E-state index in [1.54, 1.807) is 19.2 Å². The first-order chi connectivity index (χ1) is 14.0. The predicted molar refractivity (Wildman–Crippen MR) is 122 cm³/mol. The number of amides is 1. The lowest BCUT2D eigenvalue weighted by Crippen LogP contribution is -2.41. The molecule has 0 bridgehead atoms. The number of allylic oxidation sites excluding steroid dienone is 8.